The molecule has 0 spiro atoms. The molecule has 0 bridgehead atoms. The van der Waals surface area contributed by atoms with Crippen LogP contribution in [0.15, 0.2) is 36.0 Å². The fraction of sp³-hybridized carbons (Fsp3) is 0.684. The van der Waals surface area contributed by atoms with Crippen molar-refractivity contribution in [2.45, 2.75) is 59.3 Å². The van der Waals surface area contributed by atoms with Crippen molar-refractivity contribution in [2.24, 2.45) is 23.7 Å². The summed E-state index contributed by atoms with van der Waals surface area (Å²) in [6.07, 6.45) is 20.0. The van der Waals surface area contributed by atoms with Crippen LogP contribution in [-0.2, 0) is 0 Å². The van der Waals surface area contributed by atoms with E-state index in [2.05, 4.69) is 51.2 Å². The number of unbranched alkanes of at least 4 members (excludes halogenated alkanes) is 2. The lowest BCUT2D eigenvalue weighted by Gasteiger charge is -2.27. The molecule has 0 saturated heterocycles. The van der Waals surface area contributed by atoms with E-state index in [4.69, 9.17) is 0 Å². The molecule has 0 aromatic heterocycles. The lowest BCUT2D eigenvalue weighted by Crippen LogP contribution is -2.20. The summed E-state index contributed by atoms with van der Waals surface area (Å²) in [7, 11) is 0. The van der Waals surface area contributed by atoms with E-state index in [1.807, 2.05) is 0 Å². The quantitative estimate of drug-likeness (QED) is 0.435. The van der Waals surface area contributed by atoms with Crippen LogP contribution in [0.3, 0.4) is 0 Å². The summed E-state index contributed by atoms with van der Waals surface area (Å²) in [6.45, 7) is 7.18. The zero-order valence-electron chi connectivity index (χ0n) is 12.9. The van der Waals surface area contributed by atoms with E-state index in [0.29, 0.717) is 0 Å². The molecule has 2 aliphatic carbocycles. The van der Waals surface area contributed by atoms with Gasteiger partial charge in [-0.05, 0) is 49.4 Å². The highest BCUT2D eigenvalue weighted by Crippen LogP contribution is 2.41. The van der Waals surface area contributed by atoms with Crippen LogP contribution in [0.1, 0.15) is 59.3 Å². The summed E-state index contributed by atoms with van der Waals surface area (Å²) >= 11 is 0. The second-order valence-electron chi connectivity index (χ2n) is 6.61. The SMILES string of the molecule is CCCCC=C1CC(C)C2C=CCC=CC2C(C)C1. The second kappa shape index (κ2) is 7.12. The van der Waals surface area contributed by atoms with Gasteiger partial charge in [0.25, 0.3) is 0 Å². The van der Waals surface area contributed by atoms with E-state index in [-0.39, 0.29) is 0 Å². The Bertz CT molecular complexity index is 330. The predicted octanol–water partition coefficient (Wildman–Crippen LogP) is 5.92. The molecule has 2 aliphatic rings. The van der Waals surface area contributed by atoms with Crippen LogP contribution in [0.25, 0.3) is 0 Å². The van der Waals surface area contributed by atoms with Crippen molar-refractivity contribution < 1.29 is 0 Å². The summed E-state index contributed by atoms with van der Waals surface area (Å²) in [4.78, 5) is 0. The Kier molecular flexibility index (Phi) is 5.48. The van der Waals surface area contributed by atoms with E-state index in [1.165, 1.54) is 32.1 Å². The van der Waals surface area contributed by atoms with E-state index in [1.54, 1.807) is 5.57 Å². The molecular formula is C19H30. The Labute approximate surface area is 119 Å². The van der Waals surface area contributed by atoms with E-state index < -0.39 is 0 Å². The van der Waals surface area contributed by atoms with E-state index in [0.717, 1.165) is 30.1 Å². The normalized spacial score (nSPS) is 34.6. The van der Waals surface area contributed by atoms with Gasteiger partial charge >= 0.3 is 0 Å². The standard InChI is InChI=1S/C19H30/c1-4-5-7-10-17-13-15(2)18-11-8-6-9-12-19(18)16(3)14-17/h8-12,15-16,18-19H,4-7,13-14H2,1-3H3. The highest BCUT2D eigenvalue weighted by atomic mass is 14.4. The van der Waals surface area contributed by atoms with Crippen molar-refractivity contribution in [1.82, 2.24) is 0 Å². The maximum absolute atomic E-state index is 2.55. The van der Waals surface area contributed by atoms with Gasteiger partial charge in [0, 0.05) is 0 Å². The summed E-state index contributed by atoms with van der Waals surface area (Å²) in [5.41, 5.74) is 1.73. The first-order valence-electron chi connectivity index (χ1n) is 8.23. The Morgan fingerprint density at radius 3 is 2.16 bits per heavy atom. The predicted molar refractivity (Wildman–Crippen MR) is 85.0 cm³/mol. The van der Waals surface area contributed by atoms with Crippen LogP contribution in [0.4, 0.5) is 0 Å². The minimum Gasteiger partial charge on any atom is -0.0853 e. The van der Waals surface area contributed by atoms with Crippen LogP contribution in [0.5, 0.6) is 0 Å². The molecule has 4 unspecified atom stereocenters. The van der Waals surface area contributed by atoms with Gasteiger partial charge in [-0.2, -0.15) is 0 Å². The van der Waals surface area contributed by atoms with Crippen LogP contribution >= 0.6 is 0 Å². The summed E-state index contributed by atoms with van der Waals surface area (Å²) in [5.74, 6) is 3.10. The van der Waals surface area contributed by atoms with Gasteiger partial charge in [-0.3, -0.25) is 0 Å². The van der Waals surface area contributed by atoms with Crippen LogP contribution in [-0.4, -0.2) is 0 Å². The molecular weight excluding hydrogens is 228 g/mol. The average molecular weight is 258 g/mol. The van der Waals surface area contributed by atoms with E-state index in [9.17, 15) is 0 Å². The Hall–Kier alpha value is -0.780. The van der Waals surface area contributed by atoms with Gasteiger partial charge in [-0.25, -0.2) is 0 Å². The van der Waals surface area contributed by atoms with Gasteiger partial charge in [-0.15, -0.1) is 0 Å². The molecule has 0 heteroatoms. The first kappa shape index (κ1) is 14.6. The first-order chi connectivity index (χ1) is 9.22. The lowest BCUT2D eigenvalue weighted by molar-refractivity contribution is 0.296. The van der Waals surface area contributed by atoms with Crippen molar-refractivity contribution in [2.75, 3.05) is 0 Å². The fourth-order valence-corrected chi connectivity index (χ4v) is 3.80. The first-order valence-corrected chi connectivity index (χ1v) is 8.23. The van der Waals surface area contributed by atoms with Crippen molar-refractivity contribution in [1.29, 1.82) is 0 Å². The van der Waals surface area contributed by atoms with Crippen molar-refractivity contribution in [3.8, 4) is 0 Å². The summed E-state index contributed by atoms with van der Waals surface area (Å²) < 4.78 is 0. The molecule has 0 radical (unpaired) electrons. The number of rotatable bonds is 3. The highest BCUT2D eigenvalue weighted by Gasteiger charge is 2.32. The van der Waals surface area contributed by atoms with Crippen molar-refractivity contribution in [3.05, 3.63) is 36.0 Å². The molecule has 0 amide bonds. The minimum atomic E-state index is 0.755. The number of allylic oxidation sites excluding steroid dienone is 6. The third-order valence-electron chi connectivity index (χ3n) is 4.91. The Morgan fingerprint density at radius 1 is 1.05 bits per heavy atom. The topological polar surface area (TPSA) is 0 Å². The molecule has 4 atom stereocenters. The zero-order chi connectivity index (χ0) is 13.7. The summed E-state index contributed by atoms with van der Waals surface area (Å²) in [5, 5.41) is 0. The molecule has 0 aromatic rings. The van der Waals surface area contributed by atoms with Gasteiger partial charge < -0.3 is 0 Å². The smallest absolute Gasteiger partial charge is 0.0139 e. The molecule has 0 heterocycles. The highest BCUT2D eigenvalue weighted by molar-refractivity contribution is 5.15. The zero-order valence-corrected chi connectivity index (χ0v) is 12.9. The Balaban J connectivity index is 2.13. The fourth-order valence-electron chi connectivity index (χ4n) is 3.80. The molecule has 0 N–H and O–H groups in total. The molecule has 106 valence electrons. The van der Waals surface area contributed by atoms with Gasteiger partial charge in [-0.1, -0.05) is 69.6 Å². The molecule has 19 heavy (non-hydrogen) atoms. The molecule has 0 aromatic carbocycles. The van der Waals surface area contributed by atoms with Gasteiger partial charge in [0.05, 0.1) is 0 Å². The van der Waals surface area contributed by atoms with Crippen LogP contribution in [0, 0.1) is 23.7 Å². The molecule has 0 nitrogen and oxygen atoms in total. The third-order valence-corrected chi connectivity index (χ3v) is 4.91. The maximum atomic E-state index is 2.55. The van der Waals surface area contributed by atoms with E-state index >= 15 is 0 Å². The Morgan fingerprint density at radius 2 is 1.63 bits per heavy atom. The second-order valence-corrected chi connectivity index (χ2v) is 6.61. The van der Waals surface area contributed by atoms with Gasteiger partial charge in [0.1, 0.15) is 0 Å². The van der Waals surface area contributed by atoms with Gasteiger partial charge in [0.15, 0.2) is 0 Å². The number of hydrogen-bond acceptors (Lipinski definition) is 0. The maximum Gasteiger partial charge on any atom is -0.0139 e. The molecule has 0 aliphatic heterocycles. The largest absolute Gasteiger partial charge is 0.0853 e. The van der Waals surface area contributed by atoms with Crippen molar-refractivity contribution >= 4 is 0 Å². The van der Waals surface area contributed by atoms with Crippen molar-refractivity contribution in [3.63, 3.8) is 0 Å². The average Bonchev–Trinajstić information content (AvgIpc) is 2.68. The van der Waals surface area contributed by atoms with Gasteiger partial charge in [0.2, 0.25) is 0 Å². The minimum absolute atomic E-state index is 0.755. The molecule has 1 saturated carbocycles. The molecule has 2 rings (SSSR count). The number of hydrogen-bond donors (Lipinski definition) is 0. The van der Waals surface area contributed by atoms with Crippen LogP contribution < -0.4 is 0 Å². The number of fused-ring (bicyclic) bond motifs is 1. The third kappa shape index (κ3) is 3.84. The lowest BCUT2D eigenvalue weighted by atomic mass is 9.77. The molecule has 1 fully saturated rings. The summed E-state index contributed by atoms with van der Waals surface area (Å²) in [6, 6.07) is 0. The monoisotopic (exact) mass is 258 g/mol. The van der Waals surface area contributed by atoms with Crippen LogP contribution in [0.2, 0.25) is 0 Å².